The van der Waals surface area contributed by atoms with Gasteiger partial charge in [-0.1, -0.05) is 11.3 Å². The third-order valence-electron chi connectivity index (χ3n) is 3.13. The molecule has 0 unspecified atom stereocenters. The lowest BCUT2D eigenvalue weighted by molar-refractivity contribution is -0.116. The summed E-state index contributed by atoms with van der Waals surface area (Å²) in [6.07, 6.45) is 1.27. The molecule has 2 N–H and O–H groups in total. The maximum atomic E-state index is 12.0. The van der Waals surface area contributed by atoms with Crippen LogP contribution in [-0.4, -0.2) is 27.0 Å². The minimum atomic E-state index is -0.636. The number of hydrogen-bond acceptors (Lipinski definition) is 6. The van der Waals surface area contributed by atoms with E-state index in [0.29, 0.717) is 11.7 Å². The number of carbonyl (C=O) groups is 1. The number of fused-ring (bicyclic) bond motifs is 1. The fourth-order valence-electron chi connectivity index (χ4n) is 2.10. The van der Waals surface area contributed by atoms with Crippen LogP contribution in [0.2, 0.25) is 0 Å². The molecule has 0 atom stereocenters. The predicted octanol–water partition coefficient (Wildman–Crippen LogP) is 1.18. The number of rotatable bonds is 5. The quantitative estimate of drug-likeness (QED) is 0.722. The van der Waals surface area contributed by atoms with Crippen molar-refractivity contribution in [1.29, 1.82) is 0 Å². The Labute approximate surface area is 139 Å². The Bertz CT molecular complexity index is 1000. The molecule has 0 saturated carbocycles. The number of benzene rings is 1. The van der Waals surface area contributed by atoms with Gasteiger partial charge in [0.1, 0.15) is 12.3 Å². The van der Waals surface area contributed by atoms with E-state index in [-0.39, 0.29) is 6.54 Å². The van der Waals surface area contributed by atoms with Gasteiger partial charge >= 0.3 is 5.69 Å². The highest BCUT2D eigenvalue weighted by Crippen LogP contribution is 2.29. The van der Waals surface area contributed by atoms with E-state index in [4.69, 9.17) is 4.74 Å². The van der Waals surface area contributed by atoms with Crippen LogP contribution in [0.1, 0.15) is 6.92 Å². The molecular weight excluding hydrogens is 332 g/mol. The molecule has 3 rings (SSSR count). The summed E-state index contributed by atoms with van der Waals surface area (Å²) < 4.78 is 7.43. The zero-order chi connectivity index (χ0) is 17.1. The molecule has 2 heterocycles. The van der Waals surface area contributed by atoms with Gasteiger partial charge < -0.3 is 10.1 Å². The molecule has 2 aromatic heterocycles. The Kier molecular flexibility index (Phi) is 4.43. The molecule has 0 aliphatic rings. The van der Waals surface area contributed by atoms with Crippen molar-refractivity contribution in [3.8, 4) is 5.75 Å². The normalized spacial score (nSPS) is 10.7. The number of nitrogens with one attached hydrogen (secondary N) is 2. The van der Waals surface area contributed by atoms with Crippen molar-refractivity contribution in [1.82, 2.24) is 14.5 Å². The van der Waals surface area contributed by atoms with Crippen molar-refractivity contribution >= 4 is 32.6 Å². The van der Waals surface area contributed by atoms with Gasteiger partial charge in [-0.2, -0.15) is 0 Å². The highest BCUT2D eigenvalue weighted by Gasteiger charge is 2.10. The molecule has 1 aromatic carbocycles. The lowest BCUT2D eigenvalue weighted by Gasteiger charge is -2.03. The van der Waals surface area contributed by atoms with E-state index < -0.39 is 17.2 Å². The number of carbonyl (C=O) groups excluding carboxylic acids is 1. The van der Waals surface area contributed by atoms with Crippen LogP contribution in [0.15, 0.2) is 40.1 Å². The van der Waals surface area contributed by atoms with E-state index in [1.807, 2.05) is 25.1 Å². The SMILES string of the molecule is CCOc1ccc2nc(NC(=O)Cn3ccc(=O)[nH]c3=O)sc2c1. The molecule has 0 fully saturated rings. The van der Waals surface area contributed by atoms with Gasteiger partial charge in [-0.15, -0.1) is 0 Å². The molecule has 0 radical (unpaired) electrons. The molecule has 1 amide bonds. The van der Waals surface area contributed by atoms with Crippen molar-refractivity contribution in [3.05, 3.63) is 51.3 Å². The number of anilines is 1. The standard InChI is InChI=1S/C15H14N4O4S/c1-2-23-9-3-4-10-11(7-9)24-14(16-10)17-13(21)8-19-6-5-12(20)18-15(19)22/h3-7H,2,8H2,1H3,(H,16,17,21)(H,18,20,22). The first kappa shape index (κ1) is 15.9. The molecule has 24 heavy (non-hydrogen) atoms. The Morgan fingerprint density at radius 2 is 2.21 bits per heavy atom. The van der Waals surface area contributed by atoms with E-state index in [9.17, 15) is 14.4 Å². The third kappa shape index (κ3) is 3.51. The lowest BCUT2D eigenvalue weighted by atomic mass is 10.3. The van der Waals surface area contributed by atoms with E-state index >= 15 is 0 Å². The second-order valence-corrected chi connectivity index (χ2v) is 5.90. The molecule has 0 saturated heterocycles. The highest BCUT2D eigenvalue weighted by atomic mass is 32.1. The zero-order valence-electron chi connectivity index (χ0n) is 12.7. The second kappa shape index (κ2) is 6.67. The smallest absolute Gasteiger partial charge is 0.328 e. The van der Waals surface area contributed by atoms with Crippen molar-refractivity contribution in [2.24, 2.45) is 0 Å². The maximum Gasteiger partial charge on any atom is 0.328 e. The fourth-order valence-corrected chi connectivity index (χ4v) is 3.01. The zero-order valence-corrected chi connectivity index (χ0v) is 13.6. The largest absolute Gasteiger partial charge is 0.494 e. The number of thiazole rings is 1. The molecule has 0 aliphatic carbocycles. The van der Waals surface area contributed by atoms with Crippen LogP contribution in [0.25, 0.3) is 10.2 Å². The van der Waals surface area contributed by atoms with Crippen molar-refractivity contribution in [2.75, 3.05) is 11.9 Å². The van der Waals surface area contributed by atoms with Gasteiger partial charge in [0.2, 0.25) is 5.91 Å². The van der Waals surface area contributed by atoms with E-state index in [1.165, 1.54) is 23.6 Å². The minimum absolute atomic E-state index is 0.213. The Morgan fingerprint density at radius 1 is 1.38 bits per heavy atom. The molecule has 124 valence electrons. The van der Waals surface area contributed by atoms with Crippen LogP contribution >= 0.6 is 11.3 Å². The van der Waals surface area contributed by atoms with Gasteiger partial charge in [-0.3, -0.25) is 19.1 Å². The predicted molar refractivity (Wildman–Crippen MR) is 90.7 cm³/mol. The summed E-state index contributed by atoms with van der Waals surface area (Å²) in [5.41, 5.74) is -0.392. The van der Waals surface area contributed by atoms with Gasteiger partial charge in [0.25, 0.3) is 5.56 Å². The fraction of sp³-hybridized carbons (Fsp3) is 0.200. The molecule has 0 spiro atoms. The number of amides is 1. The van der Waals surface area contributed by atoms with Gasteiger partial charge in [0, 0.05) is 12.3 Å². The average Bonchev–Trinajstić information content (AvgIpc) is 2.92. The molecular formula is C15H14N4O4S. The molecule has 0 bridgehead atoms. The summed E-state index contributed by atoms with van der Waals surface area (Å²) in [6.45, 7) is 2.26. The Morgan fingerprint density at radius 3 is 2.96 bits per heavy atom. The first-order valence-electron chi connectivity index (χ1n) is 7.18. The van der Waals surface area contributed by atoms with E-state index in [1.54, 1.807) is 0 Å². The van der Waals surface area contributed by atoms with Crippen LogP contribution in [0.4, 0.5) is 5.13 Å². The number of hydrogen-bond donors (Lipinski definition) is 2. The molecule has 0 aliphatic heterocycles. The van der Waals surface area contributed by atoms with Crippen LogP contribution in [0.3, 0.4) is 0 Å². The number of aromatic amines is 1. The van der Waals surface area contributed by atoms with Crippen LogP contribution < -0.4 is 21.3 Å². The summed E-state index contributed by atoms with van der Waals surface area (Å²) in [6, 6.07) is 6.68. The third-order valence-corrected chi connectivity index (χ3v) is 4.06. The van der Waals surface area contributed by atoms with Crippen molar-refractivity contribution < 1.29 is 9.53 Å². The molecule has 8 nitrogen and oxygen atoms in total. The lowest BCUT2D eigenvalue weighted by Crippen LogP contribution is -2.32. The summed E-state index contributed by atoms with van der Waals surface area (Å²) in [7, 11) is 0. The number of ether oxygens (including phenoxy) is 1. The van der Waals surface area contributed by atoms with Crippen molar-refractivity contribution in [2.45, 2.75) is 13.5 Å². The number of aromatic nitrogens is 3. The van der Waals surface area contributed by atoms with Crippen LogP contribution in [0, 0.1) is 0 Å². The maximum absolute atomic E-state index is 12.0. The Balaban J connectivity index is 1.75. The van der Waals surface area contributed by atoms with E-state index in [0.717, 1.165) is 20.5 Å². The second-order valence-electron chi connectivity index (χ2n) is 4.87. The summed E-state index contributed by atoms with van der Waals surface area (Å²) >= 11 is 1.31. The first-order chi connectivity index (χ1) is 11.5. The highest BCUT2D eigenvalue weighted by molar-refractivity contribution is 7.22. The number of H-pyrrole nitrogens is 1. The van der Waals surface area contributed by atoms with Crippen LogP contribution in [-0.2, 0) is 11.3 Å². The van der Waals surface area contributed by atoms with Gasteiger partial charge in [0.15, 0.2) is 5.13 Å². The van der Waals surface area contributed by atoms with Crippen molar-refractivity contribution in [3.63, 3.8) is 0 Å². The molecule has 3 aromatic rings. The minimum Gasteiger partial charge on any atom is -0.494 e. The van der Waals surface area contributed by atoms with Crippen LogP contribution in [0.5, 0.6) is 5.75 Å². The Hall–Kier alpha value is -2.94. The summed E-state index contributed by atoms with van der Waals surface area (Å²) in [4.78, 5) is 41.0. The van der Waals surface area contributed by atoms with E-state index in [2.05, 4.69) is 15.3 Å². The molecule has 9 heteroatoms. The van der Waals surface area contributed by atoms with Gasteiger partial charge in [-0.25, -0.2) is 9.78 Å². The first-order valence-corrected chi connectivity index (χ1v) is 8.00. The number of nitrogens with zero attached hydrogens (tertiary/aromatic N) is 2. The summed E-state index contributed by atoms with van der Waals surface area (Å²) in [5, 5.41) is 3.08. The van der Waals surface area contributed by atoms with Gasteiger partial charge in [0.05, 0.1) is 16.8 Å². The van der Waals surface area contributed by atoms with Gasteiger partial charge in [-0.05, 0) is 25.1 Å². The monoisotopic (exact) mass is 346 g/mol. The summed E-state index contributed by atoms with van der Waals surface area (Å²) in [5.74, 6) is 0.333. The average molecular weight is 346 g/mol. The topological polar surface area (TPSA) is 106 Å².